The molecule has 4 heterocycles. The molecule has 4 aliphatic heterocycles. The summed E-state index contributed by atoms with van der Waals surface area (Å²) in [6, 6.07) is 0. The van der Waals surface area contributed by atoms with E-state index in [0.717, 1.165) is 51.4 Å². The molecule has 0 bridgehead atoms. The van der Waals surface area contributed by atoms with Gasteiger partial charge in [0.1, 0.15) is 67.1 Å². The van der Waals surface area contributed by atoms with Crippen LogP contribution < -0.4 is 0 Å². The molecule has 0 aromatic carbocycles. The first-order chi connectivity index (χ1) is 29.3. The quantitative estimate of drug-likeness (QED) is 0.103. The van der Waals surface area contributed by atoms with Gasteiger partial charge in [-0.1, -0.05) is 27.7 Å². The molecule has 4 saturated heterocycles. The first kappa shape index (κ1) is 47.8. The van der Waals surface area contributed by atoms with Gasteiger partial charge in [-0.05, 0) is 104 Å². The Balaban J connectivity index is 0.864. The minimum atomic E-state index is -1.62. The Labute approximate surface area is 363 Å². The number of aliphatic hydroxyl groups excluding tert-OH is 10. The van der Waals surface area contributed by atoms with E-state index in [1.807, 2.05) is 6.92 Å². The van der Waals surface area contributed by atoms with Gasteiger partial charge in [-0.15, -0.1) is 0 Å². The molecule has 0 amide bonds. The summed E-state index contributed by atoms with van der Waals surface area (Å²) in [4.78, 5) is 0. The molecule has 26 atom stereocenters. The number of aliphatic hydroxyl groups is 11. The van der Waals surface area contributed by atoms with Crippen LogP contribution in [-0.2, 0) is 33.2 Å². The first-order valence-electron chi connectivity index (χ1n) is 23.3. The fourth-order valence-corrected chi connectivity index (χ4v) is 13.9. The third-order valence-electron chi connectivity index (χ3n) is 17.6. The third kappa shape index (κ3) is 8.35. The number of hydrogen-bond acceptors (Lipinski definition) is 18. The van der Waals surface area contributed by atoms with Gasteiger partial charge in [0, 0.05) is 12.3 Å². The molecule has 4 aliphatic carbocycles. The van der Waals surface area contributed by atoms with Gasteiger partial charge in [0.05, 0.1) is 38.6 Å². The van der Waals surface area contributed by atoms with E-state index in [1.165, 1.54) is 0 Å². The molecule has 8 fully saturated rings. The van der Waals surface area contributed by atoms with Crippen molar-refractivity contribution in [2.75, 3.05) is 26.4 Å². The van der Waals surface area contributed by atoms with Gasteiger partial charge in [-0.2, -0.15) is 0 Å². The van der Waals surface area contributed by atoms with Crippen molar-refractivity contribution in [1.29, 1.82) is 0 Å². The highest BCUT2D eigenvalue weighted by molar-refractivity contribution is 5.15. The fourth-order valence-electron chi connectivity index (χ4n) is 13.9. The second-order valence-electron chi connectivity index (χ2n) is 21.0. The summed E-state index contributed by atoms with van der Waals surface area (Å²) >= 11 is 0. The van der Waals surface area contributed by atoms with Crippen LogP contribution in [0.1, 0.15) is 91.9 Å². The molecule has 0 aromatic rings. The lowest BCUT2D eigenvalue weighted by Crippen LogP contribution is -2.63. The maximum absolute atomic E-state index is 12.0. The summed E-state index contributed by atoms with van der Waals surface area (Å²) in [5, 5.41) is 115. The van der Waals surface area contributed by atoms with Crippen molar-refractivity contribution in [1.82, 2.24) is 0 Å². The molecule has 0 spiro atoms. The summed E-state index contributed by atoms with van der Waals surface area (Å²) in [6.45, 7) is 7.74. The fraction of sp³-hybridized carbons (Fsp3) is 1.00. The lowest BCUT2D eigenvalue weighted by atomic mass is 9.44. The molecular formula is C44H74O18. The minimum absolute atomic E-state index is 0.0167. The summed E-state index contributed by atoms with van der Waals surface area (Å²) in [7, 11) is 0. The zero-order chi connectivity index (χ0) is 44.6. The van der Waals surface area contributed by atoms with Crippen LogP contribution in [0.3, 0.4) is 0 Å². The molecule has 18 nitrogen and oxygen atoms in total. The first-order valence-corrected chi connectivity index (χ1v) is 23.3. The molecule has 4 saturated carbocycles. The smallest absolute Gasteiger partial charge is 0.187 e. The van der Waals surface area contributed by atoms with Crippen LogP contribution in [0.15, 0.2) is 0 Å². The zero-order valence-corrected chi connectivity index (χ0v) is 36.5. The van der Waals surface area contributed by atoms with Gasteiger partial charge in [0.25, 0.3) is 0 Å². The molecule has 8 rings (SSSR count). The molecule has 18 heteroatoms. The van der Waals surface area contributed by atoms with Crippen molar-refractivity contribution in [3.63, 3.8) is 0 Å². The van der Waals surface area contributed by atoms with Crippen LogP contribution in [0.25, 0.3) is 0 Å². The van der Waals surface area contributed by atoms with Crippen molar-refractivity contribution in [3.8, 4) is 0 Å². The van der Waals surface area contributed by atoms with E-state index in [0.29, 0.717) is 36.5 Å². The second kappa shape index (κ2) is 18.4. The van der Waals surface area contributed by atoms with E-state index in [4.69, 9.17) is 33.2 Å². The molecule has 1 unspecified atom stereocenters. The van der Waals surface area contributed by atoms with Crippen LogP contribution >= 0.6 is 0 Å². The molecule has 11 N–H and O–H groups in total. The normalized spacial score (nSPS) is 55.8. The second-order valence-corrected chi connectivity index (χ2v) is 21.0. The van der Waals surface area contributed by atoms with Crippen LogP contribution in [0.2, 0.25) is 0 Å². The SMILES string of the molecule is CC(CC[C@@]1(O)O[C@H]2C[C@H]3[C@@H]4CC[C@@H]5C[C@@H](O[C@@H]6O[C@H](CO)[C@@H](O)[C@H](O)[C@H]6O[C@@H]6OC[C@@H](O)[C@H](O)[C@H]6O)CC[C@]5(C)[C@H]4CC[C@]3(C)[C@H]2[C@@H]1C)CO[C@@H]1O[C@H](CO)[C@@H](O)[C@H](O)[C@H]1O. The maximum atomic E-state index is 12.0. The Bertz CT molecular complexity index is 1510. The predicted octanol–water partition coefficient (Wildman–Crippen LogP) is -1.14. The molecule has 0 aromatic heterocycles. The Hall–Kier alpha value is -0.720. The van der Waals surface area contributed by atoms with E-state index in [-0.39, 0.29) is 54.0 Å². The Morgan fingerprint density at radius 2 is 1.35 bits per heavy atom. The lowest BCUT2D eigenvalue weighted by molar-refractivity contribution is -0.364. The largest absolute Gasteiger partial charge is 0.394 e. The van der Waals surface area contributed by atoms with Crippen molar-refractivity contribution in [2.45, 2.75) is 196 Å². The molecule has 62 heavy (non-hydrogen) atoms. The molecule has 358 valence electrons. The van der Waals surface area contributed by atoms with E-state index >= 15 is 0 Å². The monoisotopic (exact) mass is 890 g/mol. The highest BCUT2D eigenvalue weighted by Crippen LogP contribution is 2.71. The number of rotatable bonds is 12. The highest BCUT2D eigenvalue weighted by atomic mass is 16.8. The summed E-state index contributed by atoms with van der Waals surface area (Å²) in [5.74, 6) is 0.675. The molecule has 0 radical (unpaired) electrons. The minimum Gasteiger partial charge on any atom is -0.394 e. The van der Waals surface area contributed by atoms with Crippen LogP contribution in [0.4, 0.5) is 0 Å². The van der Waals surface area contributed by atoms with Crippen LogP contribution in [0, 0.1) is 52.3 Å². The van der Waals surface area contributed by atoms with Gasteiger partial charge < -0.3 is 89.3 Å². The van der Waals surface area contributed by atoms with E-state index in [9.17, 15) is 56.2 Å². The van der Waals surface area contributed by atoms with Gasteiger partial charge in [0.2, 0.25) is 0 Å². The number of fused-ring (bicyclic) bond motifs is 7. The molecule has 8 aliphatic rings. The van der Waals surface area contributed by atoms with Gasteiger partial charge in [-0.25, -0.2) is 0 Å². The van der Waals surface area contributed by atoms with Crippen molar-refractivity contribution < 1.29 is 89.3 Å². The van der Waals surface area contributed by atoms with Crippen molar-refractivity contribution in [2.24, 2.45) is 52.3 Å². The standard InChI is InChI=1S/C44H74O18/c1-19(17-56-39-37(54)34(51)32(49)28(15-45)59-39)7-12-44(55)20(2)30-27(62-44)14-25-23-6-5-21-13-22(8-10-42(21,3)24(23)9-11-43(25,30)4)58-41-38(35(52)33(50)29(16-46)60-41)61-40-36(53)31(48)26(47)18-57-40/h19-41,45-55H,5-18H2,1-4H3/t19?,20-,21+,22-,23+,24-,25-,26+,27-,28+,29+,30-,31-,32+,33+,34-,35-,36+,37+,38+,39+,40-,41+,42-,43-,44+/m0/s1. The maximum Gasteiger partial charge on any atom is 0.187 e. The Morgan fingerprint density at radius 1 is 0.694 bits per heavy atom. The average Bonchev–Trinajstić information content (AvgIpc) is 3.69. The zero-order valence-electron chi connectivity index (χ0n) is 36.5. The van der Waals surface area contributed by atoms with Gasteiger partial charge in [-0.3, -0.25) is 0 Å². The third-order valence-corrected chi connectivity index (χ3v) is 17.6. The number of ether oxygens (including phenoxy) is 7. The highest BCUT2D eigenvalue weighted by Gasteiger charge is 2.68. The summed E-state index contributed by atoms with van der Waals surface area (Å²) in [5.41, 5.74) is 0.0926. The lowest BCUT2D eigenvalue weighted by Gasteiger charge is -2.61. The van der Waals surface area contributed by atoms with Crippen molar-refractivity contribution >= 4 is 0 Å². The predicted molar refractivity (Wildman–Crippen MR) is 213 cm³/mol. The molecular weight excluding hydrogens is 816 g/mol. The summed E-state index contributed by atoms with van der Waals surface area (Å²) in [6.07, 6.45) is -11.1. The average molecular weight is 891 g/mol. The van der Waals surface area contributed by atoms with Crippen molar-refractivity contribution in [3.05, 3.63) is 0 Å². The van der Waals surface area contributed by atoms with Crippen LogP contribution in [0.5, 0.6) is 0 Å². The number of hydrogen-bond donors (Lipinski definition) is 11. The van der Waals surface area contributed by atoms with Gasteiger partial charge >= 0.3 is 0 Å². The van der Waals surface area contributed by atoms with E-state index in [2.05, 4.69) is 20.8 Å². The van der Waals surface area contributed by atoms with E-state index in [1.54, 1.807) is 0 Å². The topological polar surface area (TPSA) is 287 Å². The Kier molecular flexibility index (Phi) is 14.2. The van der Waals surface area contributed by atoms with E-state index < -0.39 is 105 Å². The van der Waals surface area contributed by atoms with Crippen LogP contribution in [-0.4, -0.2) is 187 Å². The Morgan fingerprint density at radius 3 is 2.06 bits per heavy atom. The summed E-state index contributed by atoms with van der Waals surface area (Å²) < 4.78 is 41.8. The van der Waals surface area contributed by atoms with Gasteiger partial charge in [0.15, 0.2) is 24.7 Å².